The Hall–Kier alpha value is -2.03. The van der Waals surface area contributed by atoms with Crippen molar-refractivity contribution in [3.05, 3.63) is 53.7 Å². The maximum atomic E-state index is 4.38. The van der Waals surface area contributed by atoms with Crippen molar-refractivity contribution in [1.82, 2.24) is 15.6 Å². The zero-order chi connectivity index (χ0) is 19.9. The molecule has 0 bridgehead atoms. The molecule has 2 heterocycles. The Morgan fingerprint density at radius 1 is 1.21 bits per heavy atom. The highest BCUT2D eigenvalue weighted by Crippen LogP contribution is 2.24. The number of aliphatic imine (C=N–C) groups is 1. The second kappa shape index (κ2) is 11.2. The summed E-state index contributed by atoms with van der Waals surface area (Å²) in [6, 6.07) is 13.1. The van der Waals surface area contributed by atoms with Gasteiger partial charge >= 0.3 is 0 Å². The Morgan fingerprint density at radius 2 is 1.97 bits per heavy atom. The van der Waals surface area contributed by atoms with Gasteiger partial charge in [-0.3, -0.25) is 4.99 Å². The highest BCUT2D eigenvalue weighted by Gasteiger charge is 2.14. The molecular weight excluding hydrogens is 475 g/mol. The fraction of sp³-hybridized carbons (Fsp3) is 0.455. The first-order valence-corrected chi connectivity index (χ1v) is 10.0. The van der Waals surface area contributed by atoms with Gasteiger partial charge < -0.3 is 20.4 Å². The van der Waals surface area contributed by atoms with Crippen LogP contribution in [0.3, 0.4) is 0 Å². The molecule has 158 valence electrons. The number of halogens is 1. The van der Waals surface area contributed by atoms with Gasteiger partial charge in [-0.1, -0.05) is 12.1 Å². The van der Waals surface area contributed by atoms with Gasteiger partial charge in [-0.15, -0.1) is 24.0 Å². The fourth-order valence-electron chi connectivity index (χ4n) is 3.45. The first-order chi connectivity index (χ1) is 13.6. The van der Waals surface area contributed by atoms with Crippen LogP contribution >= 0.6 is 24.0 Å². The molecular formula is C22H33IN6. The molecule has 1 aromatic heterocycles. The highest BCUT2D eigenvalue weighted by atomic mass is 127. The second-order valence-corrected chi connectivity index (χ2v) is 7.50. The van der Waals surface area contributed by atoms with E-state index in [0.717, 1.165) is 24.9 Å². The summed E-state index contributed by atoms with van der Waals surface area (Å²) in [5.74, 6) is 1.75. The van der Waals surface area contributed by atoms with E-state index in [1.54, 1.807) is 7.05 Å². The van der Waals surface area contributed by atoms with E-state index in [9.17, 15) is 0 Å². The van der Waals surface area contributed by atoms with Crippen LogP contribution in [0.25, 0.3) is 0 Å². The van der Waals surface area contributed by atoms with Gasteiger partial charge in [-0.05, 0) is 55.2 Å². The molecule has 0 aliphatic carbocycles. The zero-order valence-corrected chi connectivity index (χ0v) is 20.2. The molecule has 3 rings (SSSR count). The first-order valence-electron chi connectivity index (χ1n) is 10.0. The van der Waals surface area contributed by atoms with Gasteiger partial charge in [0.1, 0.15) is 5.82 Å². The lowest BCUT2D eigenvalue weighted by molar-refractivity contribution is 0.685. The largest absolute Gasteiger partial charge is 0.372 e. The Morgan fingerprint density at radius 3 is 2.66 bits per heavy atom. The van der Waals surface area contributed by atoms with Crippen molar-refractivity contribution >= 4 is 41.4 Å². The van der Waals surface area contributed by atoms with Crippen molar-refractivity contribution < 1.29 is 0 Å². The van der Waals surface area contributed by atoms with Crippen molar-refractivity contribution in [2.45, 2.75) is 32.4 Å². The van der Waals surface area contributed by atoms with E-state index in [1.807, 2.05) is 31.3 Å². The third-order valence-corrected chi connectivity index (χ3v) is 5.15. The van der Waals surface area contributed by atoms with E-state index in [0.29, 0.717) is 6.54 Å². The molecule has 0 spiro atoms. The molecule has 2 N–H and O–H groups in total. The van der Waals surface area contributed by atoms with Crippen LogP contribution in [0.5, 0.6) is 0 Å². The molecule has 1 unspecified atom stereocenters. The van der Waals surface area contributed by atoms with Gasteiger partial charge in [0, 0.05) is 52.7 Å². The molecule has 1 aromatic carbocycles. The van der Waals surface area contributed by atoms with Gasteiger partial charge in [-0.25, -0.2) is 4.98 Å². The average Bonchev–Trinajstić information content (AvgIpc) is 3.26. The predicted octanol–water partition coefficient (Wildman–Crippen LogP) is 3.79. The molecule has 0 amide bonds. The number of guanidine groups is 1. The van der Waals surface area contributed by atoms with Crippen LogP contribution in [-0.2, 0) is 6.54 Å². The number of benzene rings is 1. The zero-order valence-electron chi connectivity index (χ0n) is 17.9. The fourth-order valence-corrected chi connectivity index (χ4v) is 3.45. The number of hydrogen-bond acceptors (Lipinski definition) is 4. The lowest BCUT2D eigenvalue weighted by atomic mass is 10.1. The van der Waals surface area contributed by atoms with Gasteiger partial charge in [-0.2, -0.15) is 0 Å². The summed E-state index contributed by atoms with van der Waals surface area (Å²) in [7, 11) is 5.80. The minimum atomic E-state index is 0. The molecule has 29 heavy (non-hydrogen) atoms. The van der Waals surface area contributed by atoms with Gasteiger partial charge in [0.05, 0.1) is 6.04 Å². The van der Waals surface area contributed by atoms with E-state index in [4.69, 9.17) is 0 Å². The summed E-state index contributed by atoms with van der Waals surface area (Å²) < 4.78 is 0. The van der Waals surface area contributed by atoms with E-state index >= 15 is 0 Å². The summed E-state index contributed by atoms with van der Waals surface area (Å²) >= 11 is 0. The number of pyridine rings is 1. The number of hydrogen-bond donors (Lipinski definition) is 2. The average molecular weight is 508 g/mol. The van der Waals surface area contributed by atoms with Crippen LogP contribution in [0.15, 0.2) is 47.6 Å². The third-order valence-electron chi connectivity index (χ3n) is 5.15. The van der Waals surface area contributed by atoms with E-state index < -0.39 is 0 Å². The van der Waals surface area contributed by atoms with E-state index in [2.05, 4.69) is 62.8 Å². The van der Waals surface area contributed by atoms with Crippen molar-refractivity contribution in [2.24, 2.45) is 4.99 Å². The summed E-state index contributed by atoms with van der Waals surface area (Å²) in [4.78, 5) is 13.2. The maximum Gasteiger partial charge on any atom is 0.191 e. The second-order valence-electron chi connectivity index (χ2n) is 7.50. The highest BCUT2D eigenvalue weighted by molar-refractivity contribution is 14.0. The molecule has 0 radical (unpaired) electrons. The van der Waals surface area contributed by atoms with Crippen LogP contribution in [0.2, 0.25) is 0 Å². The lowest BCUT2D eigenvalue weighted by Crippen LogP contribution is -2.38. The molecule has 1 aliphatic rings. The SMILES string of the molecule is CN=C(NCc1ccnc(N(C)C)c1)NC(C)c1cccc(N2CCCC2)c1.I. The Balaban J connectivity index is 0.00000300. The molecule has 1 fully saturated rings. The van der Waals surface area contributed by atoms with Gasteiger partial charge in [0.15, 0.2) is 5.96 Å². The van der Waals surface area contributed by atoms with Crippen LogP contribution in [0.4, 0.5) is 11.5 Å². The van der Waals surface area contributed by atoms with Crippen molar-refractivity contribution in [3.8, 4) is 0 Å². The normalized spacial score (nSPS) is 14.9. The summed E-state index contributed by atoms with van der Waals surface area (Å²) in [6.07, 6.45) is 4.42. The number of rotatable bonds is 6. The lowest BCUT2D eigenvalue weighted by Gasteiger charge is -2.22. The number of aromatic nitrogens is 1. The van der Waals surface area contributed by atoms with Crippen LogP contribution in [0.1, 0.15) is 36.9 Å². The van der Waals surface area contributed by atoms with Crippen LogP contribution in [0, 0.1) is 0 Å². The third kappa shape index (κ3) is 6.48. The summed E-state index contributed by atoms with van der Waals surface area (Å²) in [5, 5.41) is 6.91. The molecule has 1 atom stereocenters. The quantitative estimate of drug-likeness (QED) is 0.354. The van der Waals surface area contributed by atoms with Gasteiger partial charge in [0.2, 0.25) is 0 Å². The summed E-state index contributed by atoms with van der Waals surface area (Å²) in [6.45, 7) is 5.20. The Kier molecular flexibility index (Phi) is 9.00. The molecule has 7 heteroatoms. The van der Waals surface area contributed by atoms with E-state index in [1.165, 1.54) is 29.7 Å². The monoisotopic (exact) mass is 508 g/mol. The predicted molar refractivity (Wildman–Crippen MR) is 134 cm³/mol. The molecule has 1 saturated heterocycles. The Bertz CT molecular complexity index is 801. The topological polar surface area (TPSA) is 55.8 Å². The molecule has 2 aromatic rings. The van der Waals surface area contributed by atoms with Crippen molar-refractivity contribution in [3.63, 3.8) is 0 Å². The van der Waals surface area contributed by atoms with Crippen LogP contribution in [-0.4, -0.2) is 45.2 Å². The minimum Gasteiger partial charge on any atom is -0.372 e. The number of nitrogens with zero attached hydrogens (tertiary/aromatic N) is 4. The van der Waals surface area contributed by atoms with Crippen molar-refractivity contribution in [2.75, 3.05) is 44.0 Å². The standard InChI is InChI=1S/C22H32N6.HI/c1-17(19-8-7-9-20(15-19)28-12-5-6-13-28)26-22(23-2)25-16-18-10-11-24-21(14-18)27(3)4;/h7-11,14-15,17H,5-6,12-13,16H2,1-4H3,(H2,23,25,26);1H. The molecule has 0 saturated carbocycles. The van der Waals surface area contributed by atoms with Crippen LogP contribution < -0.4 is 20.4 Å². The number of nitrogens with one attached hydrogen (secondary N) is 2. The maximum absolute atomic E-state index is 4.38. The Labute approximate surface area is 191 Å². The molecule has 6 nitrogen and oxygen atoms in total. The van der Waals surface area contributed by atoms with Gasteiger partial charge in [0.25, 0.3) is 0 Å². The number of anilines is 2. The summed E-state index contributed by atoms with van der Waals surface area (Å²) in [5.41, 5.74) is 3.76. The van der Waals surface area contributed by atoms with Crippen molar-refractivity contribution in [1.29, 1.82) is 0 Å². The van der Waals surface area contributed by atoms with E-state index in [-0.39, 0.29) is 30.0 Å². The minimum absolute atomic E-state index is 0. The first kappa shape index (κ1) is 23.3. The smallest absolute Gasteiger partial charge is 0.191 e. The molecule has 1 aliphatic heterocycles.